The summed E-state index contributed by atoms with van der Waals surface area (Å²) < 4.78 is 0. The summed E-state index contributed by atoms with van der Waals surface area (Å²) in [6, 6.07) is 30.7. The second-order valence-corrected chi connectivity index (χ2v) is 6.79. The number of aromatic amines is 1. The highest BCUT2D eigenvalue weighted by molar-refractivity contribution is 6.05. The lowest BCUT2D eigenvalue weighted by molar-refractivity contribution is 1.02. The maximum Gasteiger partial charge on any atom is 0.180 e. The van der Waals surface area contributed by atoms with Crippen LogP contribution in [0.4, 0.5) is 5.82 Å². The highest BCUT2D eigenvalue weighted by atomic mass is 15.3. The van der Waals surface area contributed by atoms with Gasteiger partial charge in [0.15, 0.2) is 11.5 Å². The molecular formula is C24H19N5. The Morgan fingerprint density at radius 3 is 2.00 bits per heavy atom. The number of nitrogens with one attached hydrogen (secondary N) is 2. The van der Waals surface area contributed by atoms with E-state index >= 15 is 0 Å². The molecule has 5 rings (SSSR count). The van der Waals surface area contributed by atoms with Crippen LogP contribution < -0.4 is 5.32 Å². The van der Waals surface area contributed by atoms with Crippen molar-refractivity contribution in [2.45, 2.75) is 6.54 Å². The Hall–Kier alpha value is -3.99. The summed E-state index contributed by atoms with van der Waals surface area (Å²) in [6.45, 7) is 0.679. The van der Waals surface area contributed by atoms with Crippen LogP contribution in [0.25, 0.3) is 33.4 Å². The molecule has 3 aromatic carbocycles. The third-order valence-corrected chi connectivity index (χ3v) is 4.90. The Balaban J connectivity index is 1.68. The predicted molar refractivity (Wildman–Crippen MR) is 116 cm³/mol. The van der Waals surface area contributed by atoms with E-state index in [9.17, 15) is 0 Å². The van der Waals surface area contributed by atoms with Gasteiger partial charge in [-0.2, -0.15) is 5.10 Å². The molecule has 0 spiro atoms. The lowest BCUT2D eigenvalue weighted by Gasteiger charge is -2.11. The Bertz CT molecular complexity index is 1230. The van der Waals surface area contributed by atoms with Crippen molar-refractivity contribution in [2.75, 3.05) is 5.32 Å². The molecule has 140 valence electrons. The lowest BCUT2D eigenvalue weighted by Crippen LogP contribution is -2.01. The van der Waals surface area contributed by atoms with E-state index in [1.165, 1.54) is 5.56 Å². The van der Waals surface area contributed by atoms with Crippen LogP contribution in [0.3, 0.4) is 0 Å². The molecule has 0 bridgehead atoms. The van der Waals surface area contributed by atoms with Crippen LogP contribution in [0.5, 0.6) is 0 Å². The first kappa shape index (κ1) is 17.1. The molecule has 0 fully saturated rings. The number of rotatable bonds is 5. The van der Waals surface area contributed by atoms with Gasteiger partial charge in [-0.15, -0.1) is 10.2 Å². The third-order valence-electron chi connectivity index (χ3n) is 4.90. The molecule has 29 heavy (non-hydrogen) atoms. The fraction of sp³-hybridized carbons (Fsp3) is 0.0417. The summed E-state index contributed by atoms with van der Waals surface area (Å²) >= 11 is 0. The first-order valence-corrected chi connectivity index (χ1v) is 9.53. The van der Waals surface area contributed by atoms with E-state index in [-0.39, 0.29) is 0 Å². The van der Waals surface area contributed by atoms with Crippen LogP contribution in [0.1, 0.15) is 5.56 Å². The van der Waals surface area contributed by atoms with Gasteiger partial charge < -0.3 is 5.32 Å². The van der Waals surface area contributed by atoms with E-state index in [0.717, 1.165) is 33.6 Å². The summed E-state index contributed by atoms with van der Waals surface area (Å²) in [5.41, 5.74) is 5.82. The molecule has 5 aromatic rings. The van der Waals surface area contributed by atoms with E-state index in [2.05, 4.69) is 62.1 Å². The van der Waals surface area contributed by atoms with Crippen molar-refractivity contribution >= 4 is 16.9 Å². The van der Waals surface area contributed by atoms with Crippen LogP contribution in [0, 0.1) is 0 Å². The normalized spacial score (nSPS) is 10.9. The fourth-order valence-electron chi connectivity index (χ4n) is 3.50. The van der Waals surface area contributed by atoms with Crippen molar-refractivity contribution in [3.63, 3.8) is 0 Å². The zero-order valence-electron chi connectivity index (χ0n) is 15.7. The highest BCUT2D eigenvalue weighted by Crippen LogP contribution is 2.38. The number of hydrogen-bond acceptors (Lipinski definition) is 4. The van der Waals surface area contributed by atoms with Gasteiger partial charge in [-0.05, 0) is 11.1 Å². The smallest absolute Gasteiger partial charge is 0.180 e. The van der Waals surface area contributed by atoms with E-state index < -0.39 is 0 Å². The second-order valence-electron chi connectivity index (χ2n) is 6.79. The first-order valence-electron chi connectivity index (χ1n) is 9.53. The van der Waals surface area contributed by atoms with Gasteiger partial charge in [0.25, 0.3) is 0 Å². The average Bonchev–Trinajstić information content (AvgIpc) is 3.22. The van der Waals surface area contributed by atoms with Gasteiger partial charge in [0.1, 0.15) is 5.69 Å². The molecule has 0 atom stereocenters. The molecule has 0 aliphatic rings. The molecule has 0 amide bonds. The van der Waals surface area contributed by atoms with Crippen LogP contribution in [-0.4, -0.2) is 20.4 Å². The minimum absolute atomic E-state index is 0.666. The van der Waals surface area contributed by atoms with Crippen LogP contribution in [0.2, 0.25) is 0 Å². The summed E-state index contributed by atoms with van der Waals surface area (Å²) in [5, 5.41) is 20.9. The molecule has 0 radical (unpaired) electrons. The summed E-state index contributed by atoms with van der Waals surface area (Å²) in [5.74, 6) is 0.773. The van der Waals surface area contributed by atoms with Crippen LogP contribution >= 0.6 is 0 Å². The minimum atomic E-state index is 0.666. The van der Waals surface area contributed by atoms with Crippen molar-refractivity contribution in [3.05, 3.63) is 96.6 Å². The second kappa shape index (κ2) is 7.56. The topological polar surface area (TPSA) is 66.5 Å². The van der Waals surface area contributed by atoms with Crippen molar-refractivity contribution < 1.29 is 0 Å². The number of benzene rings is 3. The molecule has 0 aliphatic carbocycles. The van der Waals surface area contributed by atoms with Gasteiger partial charge in [0, 0.05) is 17.7 Å². The standard InChI is InChI=1S/C24H19N5/c1-4-10-17(11-5-1)16-25-23-21-20(18-12-6-2-7-13-18)22(19-14-8-3-9-15-19)26-28-24(21)29-27-23/h1-15H,16H2,(H2,25,27,28,29). The first-order chi connectivity index (χ1) is 14.4. The SMILES string of the molecule is c1ccc(CNc2n[nH]c3nnc(-c4ccccc4)c(-c4ccccc4)c23)cc1. The van der Waals surface area contributed by atoms with E-state index in [1.54, 1.807) is 0 Å². The molecule has 0 aliphatic heterocycles. The number of H-pyrrole nitrogens is 1. The van der Waals surface area contributed by atoms with Gasteiger partial charge in [-0.25, -0.2) is 0 Å². The number of aromatic nitrogens is 4. The fourth-order valence-corrected chi connectivity index (χ4v) is 3.50. The maximum absolute atomic E-state index is 4.54. The van der Waals surface area contributed by atoms with Gasteiger partial charge in [-0.3, -0.25) is 5.10 Å². The molecule has 0 unspecified atom stereocenters. The van der Waals surface area contributed by atoms with Crippen LogP contribution in [0.15, 0.2) is 91.0 Å². The number of hydrogen-bond donors (Lipinski definition) is 2. The zero-order chi connectivity index (χ0) is 19.5. The number of fused-ring (bicyclic) bond motifs is 1. The molecule has 5 nitrogen and oxygen atoms in total. The molecule has 2 aromatic heterocycles. The maximum atomic E-state index is 4.54. The van der Waals surface area contributed by atoms with Gasteiger partial charge in [0.2, 0.25) is 0 Å². The quantitative estimate of drug-likeness (QED) is 0.436. The molecule has 2 N–H and O–H groups in total. The average molecular weight is 377 g/mol. The highest BCUT2D eigenvalue weighted by Gasteiger charge is 2.19. The Morgan fingerprint density at radius 1 is 0.690 bits per heavy atom. The van der Waals surface area contributed by atoms with E-state index in [0.29, 0.717) is 12.2 Å². The van der Waals surface area contributed by atoms with Crippen molar-refractivity contribution in [2.24, 2.45) is 0 Å². The van der Waals surface area contributed by atoms with E-state index in [4.69, 9.17) is 0 Å². The summed E-state index contributed by atoms with van der Waals surface area (Å²) in [4.78, 5) is 0. The Kier molecular flexibility index (Phi) is 4.47. The number of nitrogens with zero attached hydrogens (tertiary/aromatic N) is 3. The van der Waals surface area contributed by atoms with Gasteiger partial charge in [0.05, 0.1) is 5.39 Å². The third kappa shape index (κ3) is 3.34. The van der Waals surface area contributed by atoms with Gasteiger partial charge >= 0.3 is 0 Å². The largest absolute Gasteiger partial charge is 0.364 e. The molecule has 5 heteroatoms. The Morgan fingerprint density at radius 2 is 1.31 bits per heavy atom. The lowest BCUT2D eigenvalue weighted by atomic mass is 9.97. The van der Waals surface area contributed by atoms with Crippen LogP contribution in [-0.2, 0) is 6.54 Å². The van der Waals surface area contributed by atoms with Gasteiger partial charge in [-0.1, -0.05) is 91.0 Å². The van der Waals surface area contributed by atoms with E-state index in [1.807, 2.05) is 54.6 Å². The molecule has 0 saturated carbocycles. The zero-order valence-corrected chi connectivity index (χ0v) is 15.7. The Labute approximate surface area is 168 Å². The monoisotopic (exact) mass is 377 g/mol. The van der Waals surface area contributed by atoms with Crippen molar-refractivity contribution in [1.82, 2.24) is 20.4 Å². The summed E-state index contributed by atoms with van der Waals surface area (Å²) in [6.07, 6.45) is 0. The number of anilines is 1. The molecular weight excluding hydrogens is 358 g/mol. The molecule has 0 saturated heterocycles. The molecule has 2 heterocycles. The van der Waals surface area contributed by atoms with Crippen molar-refractivity contribution in [1.29, 1.82) is 0 Å². The van der Waals surface area contributed by atoms with Crippen molar-refractivity contribution in [3.8, 4) is 22.4 Å². The minimum Gasteiger partial charge on any atom is -0.364 e. The summed E-state index contributed by atoms with van der Waals surface area (Å²) in [7, 11) is 0. The predicted octanol–water partition coefficient (Wildman–Crippen LogP) is 5.30.